The summed E-state index contributed by atoms with van der Waals surface area (Å²) < 4.78 is 16.4. The number of morpholine rings is 1. The van der Waals surface area contributed by atoms with Crippen LogP contribution in [0.25, 0.3) is 0 Å². The van der Waals surface area contributed by atoms with Crippen molar-refractivity contribution in [3.8, 4) is 0 Å². The number of hydrogen-bond donors (Lipinski definition) is 0. The molecule has 2 aromatic carbocycles. The van der Waals surface area contributed by atoms with E-state index in [1.807, 2.05) is 60.7 Å². The Morgan fingerprint density at radius 2 is 1.63 bits per heavy atom. The lowest BCUT2D eigenvalue weighted by atomic mass is 10.0. The smallest absolute Gasteiger partial charge is 0.338 e. The van der Waals surface area contributed by atoms with Crippen molar-refractivity contribution in [2.45, 2.75) is 37.5 Å². The van der Waals surface area contributed by atoms with Crippen molar-refractivity contribution in [2.75, 3.05) is 7.11 Å². The highest BCUT2D eigenvalue weighted by Crippen LogP contribution is 2.34. The molecule has 0 radical (unpaired) electrons. The SMILES string of the molecule is COC(=O)[C@H]1O[C@@H]2O[C@H]1C(=O)N(Cc1ccccc1)[C@@H]2Cc1ccccc1. The normalized spacial score (nSPS) is 26.9. The van der Waals surface area contributed by atoms with Crippen molar-refractivity contribution in [1.82, 2.24) is 4.90 Å². The Labute approximate surface area is 157 Å². The maximum absolute atomic E-state index is 13.1. The van der Waals surface area contributed by atoms with Gasteiger partial charge in [-0.1, -0.05) is 60.7 Å². The number of amides is 1. The molecule has 1 amide bonds. The van der Waals surface area contributed by atoms with Crippen LogP contribution in [0.3, 0.4) is 0 Å². The third kappa shape index (κ3) is 3.46. The van der Waals surface area contributed by atoms with Crippen molar-refractivity contribution in [1.29, 1.82) is 0 Å². The molecule has 2 heterocycles. The van der Waals surface area contributed by atoms with Gasteiger partial charge < -0.3 is 19.1 Å². The van der Waals surface area contributed by atoms with Crippen LogP contribution in [0.4, 0.5) is 0 Å². The third-order valence-corrected chi connectivity index (χ3v) is 4.99. The molecule has 0 spiro atoms. The molecule has 2 fully saturated rings. The highest BCUT2D eigenvalue weighted by Gasteiger charge is 2.55. The molecule has 6 heteroatoms. The molecular formula is C21H21NO5. The van der Waals surface area contributed by atoms with Gasteiger partial charge in [0.2, 0.25) is 0 Å². The first-order valence-corrected chi connectivity index (χ1v) is 8.94. The molecule has 2 aliphatic rings. The minimum atomic E-state index is -1.02. The van der Waals surface area contributed by atoms with E-state index in [1.54, 1.807) is 4.90 Å². The number of hydrogen-bond acceptors (Lipinski definition) is 5. The summed E-state index contributed by atoms with van der Waals surface area (Å²) in [5, 5.41) is 0. The fraction of sp³-hybridized carbons (Fsp3) is 0.333. The largest absolute Gasteiger partial charge is 0.467 e. The lowest BCUT2D eigenvalue weighted by molar-refractivity contribution is -0.177. The lowest BCUT2D eigenvalue weighted by Gasteiger charge is -2.38. The zero-order chi connectivity index (χ0) is 18.8. The predicted molar refractivity (Wildman–Crippen MR) is 96.5 cm³/mol. The van der Waals surface area contributed by atoms with Crippen LogP contribution >= 0.6 is 0 Å². The minimum Gasteiger partial charge on any atom is -0.467 e. The Balaban J connectivity index is 1.64. The summed E-state index contributed by atoms with van der Waals surface area (Å²) >= 11 is 0. The van der Waals surface area contributed by atoms with E-state index >= 15 is 0 Å². The van der Waals surface area contributed by atoms with Gasteiger partial charge in [0.15, 0.2) is 18.5 Å². The summed E-state index contributed by atoms with van der Waals surface area (Å²) in [7, 11) is 1.28. The van der Waals surface area contributed by atoms with Gasteiger partial charge in [0.05, 0.1) is 13.2 Å². The average Bonchev–Trinajstić information content (AvgIpc) is 3.12. The maximum atomic E-state index is 13.1. The number of benzene rings is 2. The lowest BCUT2D eigenvalue weighted by Crippen LogP contribution is -2.56. The van der Waals surface area contributed by atoms with Crippen molar-refractivity contribution < 1.29 is 23.8 Å². The summed E-state index contributed by atoms with van der Waals surface area (Å²) in [4.78, 5) is 26.9. The molecule has 2 aromatic rings. The molecule has 4 atom stereocenters. The summed E-state index contributed by atoms with van der Waals surface area (Å²) in [6, 6.07) is 19.3. The first-order valence-electron chi connectivity index (χ1n) is 8.94. The van der Waals surface area contributed by atoms with Gasteiger partial charge in [0, 0.05) is 6.54 Å². The van der Waals surface area contributed by atoms with E-state index < -0.39 is 24.5 Å². The summed E-state index contributed by atoms with van der Waals surface area (Å²) in [6.45, 7) is 0.435. The van der Waals surface area contributed by atoms with Crippen LogP contribution in [0.15, 0.2) is 60.7 Å². The highest BCUT2D eigenvalue weighted by atomic mass is 16.7. The van der Waals surface area contributed by atoms with Crippen LogP contribution in [-0.2, 0) is 36.8 Å². The Kier molecular flexibility index (Phi) is 4.92. The molecule has 2 aliphatic heterocycles. The van der Waals surface area contributed by atoms with Crippen LogP contribution in [0, 0.1) is 0 Å². The number of ether oxygens (including phenoxy) is 3. The number of esters is 1. The quantitative estimate of drug-likeness (QED) is 0.756. The Morgan fingerprint density at radius 3 is 2.26 bits per heavy atom. The first kappa shape index (κ1) is 17.7. The number of nitrogens with zero attached hydrogens (tertiary/aromatic N) is 1. The van der Waals surface area contributed by atoms with Crippen LogP contribution in [0.1, 0.15) is 11.1 Å². The molecule has 0 saturated carbocycles. The first-order chi connectivity index (χ1) is 13.2. The van der Waals surface area contributed by atoms with E-state index in [0.29, 0.717) is 13.0 Å². The second-order valence-corrected chi connectivity index (χ2v) is 6.71. The van der Waals surface area contributed by atoms with E-state index in [-0.39, 0.29) is 11.9 Å². The number of fused-ring (bicyclic) bond motifs is 2. The number of rotatable bonds is 5. The van der Waals surface area contributed by atoms with Crippen LogP contribution in [0.2, 0.25) is 0 Å². The Hall–Kier alpha value is -2.70. The topological polar surface area (TPSA) is 65.1 Å². The molecule has 0 aliphatic carbocycles. The molecule has 2 bridgehead atoms. The van der Waals surface area contributed by atoms with Gasteiger partial charge in [-0.15, -0.1) is 0 Å². The van der Waals surface area contributed by atoms with Crippen molar-refractivity contribution >= 4 is 11.9 Å². The maximum Gasteiger partial charge on any atom is 0.338 e. The standard InChI is InChI=1S/C21H21NO5/c1-25-20(24)18-17-19(23)22(13-15-10-6-3-7-11-15)16(21(26-17)27-18)12-14-8-4-2-5-9-14/h2-11,16-18,21H,12-13H2,1H3/t16-,17-,18+,21+/m1/s1. The van der Waals surface area contributed by atoms with Gasteiger partial charge >= 0.3 is 5.97 Å². The second kappa shape index (κ2) is 7.50. The van der Waals surface area contributed by atoms with Gasteiger partial charge in [-0.2, -0.15) is 0 Å². The molecule has 6 nitrogen and oxygen atoms in total. The minimum absolute atomic E-state index is 0.246. The fourth-order valence-electron chi connectivity index (χ4n) is 3.64. The van der Waals surface area contributed by atoms with E-state index in [0.717, 1.165) is 11.1 Å². The van der Waals surface area contributed by atoms with Gasteiger partial charge in [0.25, 0.3) is 5.91 Å². The molecule has 27 heavy (non-hydrogen) atoms. The predicted octanol–water partition coefficient (Wildman–Crippen LogP) is 1.92. The van der Waals surface area contributed by atoms with Crippen LogP contribution in [0.5, 0.6) is 0 Å². The summed E-state index contributed by atoms with van der Waals surface area (Å²) in [6.07, 6.45) is -2.07. The summed E-state index contributed by atoms with van der Waals surface area (Å²) in [5.74, 6) is -0.834. The van der Waals surface area contributed by atoms with E-state index in [1.165, 1.54) is 7.11 Å². The number of methoxy groups -OCH3 is 1. The van der Waals surface area contributed by atoms with E-state index in [4.69, 9.17) is 14.2 Å². The summed E-state index contributed by atoms with van der Waals surface area (Å²) in [5.41, 5.74) is 2.08. The molecular weight excluding hydrogens is 346 g/mol. The highest BCUT2D eigenvalue weighted by molar-refractivity contribution is 5.90. The molecule has 0 unspecified atom stereocenters. The molecule has 0 N–H and O–H groups in total. The average molecular weight is 367 g/mol. The van der Waals surface area contributed by atoms with Gasteiger partial charge in [0.1, 0.15) is 0 Å². The Bertz CT molecular complexity index is 810. The van der Waals surface area contributed by atoms with Gasteiger partial charge in [-0.05, 0) is 17.5 Å². The van der Waals surface area contributed by atoms with E-state index in [9.17, 15) is 9.59 Å². The fourth-order valence-corrected chi connectivity index (χ4v) is 3.64. The third-order valence-electron chi connectivity index (χ3n) is 4.99. The Morgan fingerprint density at radius 1 is 1.00 bits per heavy atom. The van der Waals surface area contributed by atoms with Crippen molar-refractivity contribution in [2.24, 2.45) is 0 Å². The van der Waals surface area contributed by atoms with Crippen LogP contribution < -0.4 is 0 Å². The molecule has 140 valence electrons. The monoisotopic (exact) mass is 367 g/mol. The zero-order valence-electron chi connectivity index (χ0n) is 15.0. The second-order valence-electron chi connectivity index (χ2n) is 6.71. The van der Waals surface area contributed by atoms with Crippen molar-refractivity contribution in [3.05, 3.63) is 71.8 Å². The van der Waals surface area contributed by atoms with E-state index in [2.05, 4.69) is 0 Å². The van der Waals surface area contributed by atoms with Gasteiger partial charge in [-0.3, -0.25) is 4.79 Å². The molecule has 4 rings (SSSR count). The molecule has 0 aromatic heterocycles. The zero-order valence-corrected chi connectivity index (χ0v) is 15.0. The molecule has 2 saturated heterocycles. The van der Waals surface area contributed by atoms with Crippen molar-refractivity contribution in [3.63, 3.8) is 0 Å². The van der Waals surface area contributed by atoms with Gasteiger partial charge in [-0.25, -0.2) is 4.79 Å². The number of carbonyl (C=O) groups excluding carboxylic acids is 2. The number of carbonyl (C=O) groups is 2. The van der Waals surface area contributed by atoms with Crippen LogP contribution in [-0.4, -0.2) is 48.4 Å².